The second-order valence-corrected chi connectivity index (χ2v) is 4.44. The van der Waals surface area contributed by atoms with Gasteiger partial charge in [0.05, 0.1) is 12.6 Å². The van der Waals surface area contributed by atoms with Gasteiger partial charge < -0.3 is 15.7 Å². The summed E-state index contributed by atoms with van der Waals surface area (Å²) in [4.78, 5) is 11.7. The fourth-order valence-corrected chi connectivity index (χ4v) is 1.93. The van der Waals surface area contributed by atoms with Gasteiger partial charge in [-0.1, -0.05) is 30.3 Å². The Bertz CT molecular complexity index is 363. The highest BCUT2D eigenvalue weighted by molar-refractivity contribution is 5.76. The highest BCUT2D eigenvalue weighted by atomic mass is 16.3. The zero-order valence-electron chi connectivity index (χ0n) is 9.73. The van der Waals surface area contributed by atoms with Crippen molar-refractivity contribution in [1.82, 2.24) is 10.6 Å². The third-order valence-electron chi connectivity index (χ3n) is 3.06. The molecule has 0 aromatic heterocycles. The number of amides is 1. The van der Waals surface area contributed by atoms with E-state index in [9.17, 15) is 9.90 Å². The van der Waals surface area contributed by atoms with Gasteiger partial charge in [-0.05, 0) is 24.6 Å². The Morgan fingerprint density at radius 3 is 2.65 bits per heavy atom. The molecule has 0 radical (unpaired) electrons. The molecule has 0 bridgehead atoms. The van der Waals surface area contributed by atoms with Crippen molar-refractivity contribution >= 4 is 5.91 Å². The molecule has 0 spiro atoms. The molecule has 17 heavy (non-hydrogen) atoms. The number of nitrogens with one attached hydrogen (secondary N) is 2. The Hall–Kier alpha value is -1.39. The Morgan fingerprint density at radius 2 is 2.12 bits per heavy atom. The number of benzene rings is 1. The molecule has 1 aromatic carbocycles. The molecule has 4 heteroatoms. The Kier molecular flexibility index (Phi) is 4.12. The lowest BCUT2D eigenvalue weighted by molar-refractivity contribution is -0.123. The molecular weight excluding hydrogens is 216 g/mol. The summed E-state index contributed by atoms with van der Waals surface area (Å²) in [5, 5.41) is 15.3. The molecule has 1 aromatic rings. The molecule has 0 aliphatic carbocycles. The van der Waals surface area contributed by atoms with Crippen molar-refractivity contribution in [3.8, 4) is 0 Å². The van der Waals surface area contributed by atoms with Crippen molar-refractivity contribution in [1.29, 1.82) is 0 Å². The van der Waals surface area contributed by atoms with Crippen molar-refractivity contribution in [3.05, 3.63) is 35.9 Å². The van der Waals surface area contributed by atoms with Crippen LogP contribution < -0.4 is 10.6 Å². The monoisotopic (exact) mass is 234 g/mol. The van der Waals surface area contributed by atoms with Crippen LogP contribution in [0.5, 0.6) is 0 Å². The lowest BCUT2D eigenvalue weighted by Gasteiger charge is -2.27. The first kappa shape index (κ1) is 12.1. The molecule has 1 heterocycles. The van der Waals surface area contributed by atoms with E-state index in [-0.39, 0.29) is 18.6 Å². The summed E-state index contributed by atoms with van der Waals surface area (Å²) in [7, 11) is 0. The van der Waals surface area contributed by atoms with E-state index in [1.54, 1.807) is 0 Å². The van der Waals surface area contributed by atoms with Gasteiger partial charge in [0, 0.05) is 6.42 Å². The van der Waals surface area contributed by atoms with Crippen molar-refractivity contribution in [2.24, 2.45) is 5.92 Å². The summed E-state index contributed by atoms with van der Waals surface area (Å²) in [5.74, 6) is 0.463. The Labute approximate surface area is 101 Å². The minimum Gasteiger partial charge on any atom is -0.394 e. The standard InChI is InChI=1S/C13H18N2O2/c16-9-12(11-4-2-1-3-5-11)15-13(17)6-10-7-14-8-10/h1-5,10,12,14,16H,6-9H2,(H,15,17)/t12-/m1/s1. The van der Waals surface area contributed by atoms with E-state index in [1.165, 1.54) is 0 Å². The number of carbonyl (C=O) groups is 1. The van der Waals surface area contributed by atoms with Crippen LogP contribution in [0.2, 0.25) is 0 Å². The van der Waals surface area contributed by atoms with Crippen LogP contribution in [0.15, 0.2) is 30.3 Å². The van der Waals surface area contributed by atoms with Crippen molar-refractivity contribution in [2.45, 2.75) is 12.5 Å². The van der Waals surface area contributed by atoms with Gasteiger partial charge in [0.25, 0.3) is 0 Å². The van der Waals surface area contributed by atoms with Crippen LogP contribution in [0.4, 0.5) is 0 Å². The van der Waals surface area contributed by atoms with Crippen LogP contribution in [-0.4, -0.2) is 30.7 Å². The van der Waals surface area contributed by atoms with Gasteiger partial charge in [-0.25, -0.2) is 0 Å². The highest BCUT2D eigenvalue weighted by Gasteiger charge is 2.21. The normalized spacial score (nSPS) is 17.2. The van der Waals surface area contributed by atoms with E-state index >= 15 is 0 Å². The van der Waals surface area contributed by atoms with E-state index in [0.29, 0.717) is 12.3 Å². The van der Waals surface area contributed by atoms with Gasteiger partial charge >= 0.3 is 0 Å². The van der Waals surface area contributed by atoms with Crippen LogP contribution in [-0.2, 0) is 4.79 Å². The van der Waals surface area contributed by atoms with Crippen LogP contribution in [0.3, 0.4) is 0 Å². The first-order valence-electron chi connectivity index (χ1n) is 5.95. The average Bonchev–Trinajstić information content (AvgIpc) is 2.32. The zero-order valence-corrected chi connectivity index (χ0v) is 9.73. The van der Waals surface area contributed by atoms with Gasteiger partial charge in [0.1, 0.15) is 0 Å². The SMILES string of the molecule is O=C(CC1CNC1)N[C@H](CO)c1ccccc1. The summed E-state index contributed by atoms with van der Waals surface area (Å²) >= 11 is 0. The molecule has 4 nitrogen and oxygen atoms in total. The quantitative estimate of drug-likeness (QED) is 0.693. The molecule has 1 amide bonds. The number of hydrogen-bond acceptors (Lipinski definition) is 3. The van der Waals surface area contributed by atoms with Crippen LogP contribution in [0, 0.1) is 5.92 Å². The molecule has 0 saturated carbocycles. The molecule has 0 unspecified atom stereocenters. The van der Waals surface area contributed by atoms with Gasteiger partial charge in [-0.15, -0.1) is 0 Å². The summed E-state index contributed by atoms with van der Waals surface area (Å²) < 4.78 is 0. The fourth-order valence-electron chi connectivity index (χ4n) is 1.93. The lowest BCUT2D eigenvalue weighted by Crippen LogP contribution is -2.45. The molecule has 1 aliphatic heterocycles. The number of aliphatic hydroxyl groups excluding tert-OH is 1. The maximum Gasteiger partial charge on any atom is 0.220 e. The van der Waals surface area contributed by atoms with Crippen LogP contribution in [0.1, 0.15) is 18.0 Å². The van der Waals surface area contributed by atoms with Crippen LogP contribution >= 0.6 is 0 Å². The van der Waals surface area contributed by atoms with Gasteiger partial charge in [-0.3, -0.25) is 4.79 Å². The largest absolute Gasteiger partial charge is 0.394 e. The molecule has 1 aliphatic rings. The maximum atomic E-state index is 11.7. The molecule has 3 N–H and O–H groups in total. The summed E-state index contributed by atoms with van der Waals surface area (Å²) in [5.41, 5.74) is 0.940. The summed E-state index contributed by atoms with van der Waals surface area (Å²) in [6, 6.07) is 9.24. The highest BCUT2D eigenvalue weighted by Crippen LogP contribution is 2.13. The second-order valence-electron chi connectivity index (χ2n) is 4.44. The minimum atomic E-state index is -0.295. The fraction of sp³-hybridized carbons (Fsp3) is 0.462. The summed E-state index contributed by atoms with van der Waals surface area (Å²) in [6.45, 7) is 1.77. The van der Waals surface area contributed by atoms with Crippen molar-refractivity contribution in [2.75, 3.05) is 19.7 Å². The van der Waals surface area contributed by atoms with Gasteiger partial charge in [-0.2, -0.15) is 0 Å². The van der Waals surface area contributed by atoms with Crippen molar-refractivity contribution in [3.63, 3.8) is 0 Å². The van der Waals surface area contributed by atoms with Gasteiger partial charge in [0.2, 0.25) is 5.91 Å². The number of aliphatic hydroxyl groups is 1. The number of hydrogen-bond donors (Lipinski definition) is 3. The van der Waals surface area contributed by atoms with E-state index in [0.717, 1.165) is 18.7 Å². The first-order valence-corrected chi connectivity index (χ1v) is 5.95. The topological polar surface area (TPSA) is 61.4 Å². The molecular formula is C13H18N2O2. The summed E-state index contributed by atoms with van der Waals surface area (Å²) in [6.07, 6.45) is 0.538. The van der Waals surface area contributed by atoms with E-state index in [4.69, 9.17) is 0 Å². The molecule has 1 atom stereocenters. The van der Waals surface area contributed by atoms with E-state index in [2.05, 4.69) is 10.6 Å². The molecule has 92 valence electrons. The first-order chi connectivity index (χ1) is 8.29. The predicted octanol–water partition coefficient (Wildman–Crippen LogP) is 0.446. The second kappa shape index (κ2) is 5.80. The zero-order chi connectivity index (χ0) is 12.1. The lowest BCUT2D eigenvalue weighted by atomic mass is 9.98. The van der Waals surface area contributed by atoms with E-state index < -0.39 is 0 Å². The van der Waals surface area contributed by atoms with Gasteiger partial charge in [0.15, 0.2) is 0 Å². The molecule has 2 rings (SSSR count). The van der Waals surface area contributed by atoms with E-state index in [1.807, 2.05) is 30.3 Å². The number of rotatable bonds is 5. The third kappa shape index (κ3) is 3.28. The molecule has 1 saturated heterocycles. The third-order valence-corrected chi connectivity index (χ3v) is 3.06. The average molecular weight is 234 g/mol. The Morgan fingerprint density at radius 1 is 1.41 bits per heavy atom. The number of carbonyl (C=O) groups excluding carboxylic acids is 1. The molecule has 1 fully saturated rings. The minimum absolute atomic E-state index is 0.0133. The Balaban J connectivity index is 1.88. The van der Waals surface area contributed by atoms with Crippen molar-refractivity contribution < 1.29 is 9.90 Å². The predicted molar refractivity (Wildman–Crippen MR) is 65.4 cm³/mol. The van der Waals surface area contributed by atoms with Crippen LogP contribution in [0.25, 0.3) is 0 Å². The smallest absolute Gasteiger partial charge is 0.220 e. The maximum absolute atomic E-state index is 11.7.